The minimum atomic E-state index is -0.160. The van der Waals surface area contributed by atoms with Crippen molar-refractivity contribution in [3.8, 4) is 0 Å². The number of thioether (sulfide) groups is 1. The Hall–Kier alpha value is -1.53. The molecule has 0 radical (unpaired) electrons. The lowest BCUT2D eigenvalue weighted by Crippen LogP contribution is -2.27. The molecule has 0 bridgehead atoms. The van der Waals surface area contributed by atoms with Crippen LogP contribution in [0.2, 0.25) is 0 Å². The van der Waals surface area contributed by atoms with Crippen molar-refractivity contribution in [1.82, 2.24) is 20.1 Å². The number of aromatic nitrogens is 3. The van der Waals surface area contributed by atoms with Crippen LogP contribution in [-0.2, 0) is 13.5 Å². The number of rotatable bonds is 3. The quantitative estimate of drug-likeness (QED) is 0.850. The van der Waals surface area contributed by atoms with Crippen LogP contribution in [0, 0.1) is 0 Å². The summed E-state index contributed by atoms with van der Waals surface area (Å²) in [5.74, 6) is 0. The molecule has 0 saturated carbocycles. The number of fused-ring (bicyclic) bond motifs is 1. The zero-order valence-electron chi connectivity index (χ0n) is 12.3. The molecule has 0 amide bonds. The van der Waals surface area contributed by atoms with E-state index in [0.717, 1.165) is 24.4 Å². The molecular weight excluding hydrogens is 284 g/mol. The number of nitrogens with one attached hydrogen (secondary N) is 2. The molecule has 0 fully saturated rings. The van der Waals surface area contributed by atoms with Crippen LogP contribution in [0.25, 0.3) is 0 Å². The molecule has 6 heteroatoms. The summed E-state index contributed by atoms with van der Waals surface area (Å²) in [4.78, 5) is 11.5. The zero-order chi connectivity index (χ0) is 14.8. The minimum absolute atomic E-state index is 0.160. The van der Waals surface area contributed by atoms with Crippen LogP contribution < -0.4 is 11.0 Å². The van der Waals surface area contributed by atoms with Gasteiger partial charge >= 0.3 is 5.69 Å². The monoisotopic (exact) mass is 304 g/mol. The molecule has 5 nitrogen and oxygen atoms in total. The van der Waals surface area contributed by atoms with Gasteiger partial charge in [-0.05, 0) is 37.4 Å². The van der Waals surface area contributed by atoms with E-state index in [2.05, 4.69) is 39.8 Å². The van der Waals surface area contributed by atoms with Gasteiger partial charge in [-0.15, -0.1) is 5.10 Å². The fourth-order valence-corrected chi connectivity index (χ4v) is 4.28. The van der Waals surface area contributed by atoms with Crippen molar-refractivity contribution in [3.05, 3.63) is 45.9 Å². The normalized spacial score (nSPS) is 21.8. The minimum Gasteiger partial charge on any atom is -0.312 e. The van der Waals surface area contributed by atoms with Gasteiger partial charge in [-0.2, -0.15) is 0 Å². The maximum absolute atomic E-state index is 11.5. The summed E-state index contributed by atoms with van der Waals surface area (Å²) in [6, 6.07) is 8.91. The predicted octanol–water partition coefficient (Wildman–Crippen LogP) is 1.87. The summed E-state index contributed by atoms with van der Waals surface area (Å²) in [6.45, 7) is 0. The van der Waals surface area contributed by atoms with Gasteiger partial charge < -0.3 is 5.32 Å². The smallest absolute Gasteiger partial charge is 0.312 e. The molecule has 0 aliphatic heterocycles. The summed E-state index contributed by atoms with van der Waals surface area (Å²) in [5, 5.41) is 11.2. The predicted molar refractivity (Wildman–Crippen MR) is 84.7 cm³/mol. The average Bonchev–Trinajstić information content (AvgIpc) is 2.73. The first-order valence-corrected chi connectivity index (χ1v) is 8.12. The second kappa shape index (κ2) is 6.07. The van der Waals surface area contributed by atoms with Crippen LogP contribution in [0.5, 0.6) is 0 Å². The summed E-state index contributed by atoms with van der Waals surface area (Å²) >= 11 is 1.68. The van der Waals surface area contributed by atoms with E-state index in [0.29, 0.717) is 5.25 Å². The van der Waals surface area contributed by atoms with E-state index in [1.807, 2.05) is 7.05 Å². The van der Waals surface area contributed by atoms with Gasteiger partial charge in [0.1, 0.15) is 0 Å². The number of H-pyrrole nitrogens is 1. The van der Waals surface area contributed by atoms with Crippen molar-refractivity contribution in [3.63, 3.8) is 0 Å². The first-order chi connectivity index (χ1) is 10.2. The number of hydrogen-bond acceptors (Lipinski definition) is 4. The Bertz CT molecular complexity index is 678. The largest absolute Gasteiger partial charge is 0.343 e. The molecular formula is C15H20N4OS. The summed E-state index contributed by atoms with van der Waals surface area (Å²) < 4.78 is 1.58. The van der Waals surface area contributed by atoms with Crippen LogP contribution in [0.4, 0.5) is 0 Å². The van der Waals surface area contributed by atoms with E-state index in [4.69, 9.17) is 0 Å². The third-order valence-corrected chi connectivity index (χ3v) is 5.49. The van der Waals surface area contributed by atoms with Crippen LogP contribution in [0.3, 0.4) is 0 Å². The molecule has 1 aromatic carbocycles. The standard InChI is InChI=1S/C15H20N4OS/c1-16-13-11-8-4-3-6-10(11)7-5-9-12(13)21-15-18-17-14(20)19(15)2/h3-4,6,8,12-13,16H,5,7,9H2,1-2H3,(H,17,20). The highest BCUT2D eigenvalue weighted by atomic mass is 32.2. The Labute approximate surface area is 128 Å². The molecule has 21 heavy (non-hydrogen) atoms. The van der Waals surface area contributed by atoms with Gasteiger partial charge in [0.2, 0.25) is 0 Å². The SMILES string of the molecule is CNC1c2ccccc2CCCC1Sc1n[nH]c(=O)n1C. The Morgan fingerprint density at radius 2 is 2.24 bits per heavy atom. The van der Waals surface area contributed by atoms with Gasteiger partial charge in [0.25, 0.3) is 0 Å². The van der Waals surface area contributed by atoms with Crippen molar-refractivity contribution in [2.75, 3.05) is 7.05 Å². The molecule has 2 aromatic rings. The van der Waals surface area contributed by atoms with Gasteiger partial charge in [0.05, 0.1) is 0 Å². The van der Waals surface area contributed by atoms with Crippen molar-refractivity contribution in [1.29, 1.82) is 0 Å². The number of aryl methyl sites for hydroxylation is 1. The maximum Gasteiger partial charge on any atom is 0.343 e. The van der Waals surface area contributed by atoms with Gasteiger partial charge in [-0.25, -0.2) is 9.89 Å². The van der Waals surface area contributed by atoms with Crippen LogP contribution >= 0.6 is 11.8 Å². The molecule has 112 valence electrons. The lowest BCUT2D eigenvalue weighted by Gasteiger charge is -2.25. The van der Waals surface area contributed by atoms with Crippen LogP contribution in [-0.4, -0.2) is 27.1 Å². The van der Waals surface area contributed by atoms with E-state index in [-0.39, 0.29) is 11.7 Å². The molecule has 2 unspecified atom stereocenters. The van der Waals surface area contributed by atoms with Gasteiger partial charge in [0, 0.05) is 18.3 Å². The molecule has 1 aromatic heterocycles. The second-order valence-corrected chi connectivity index (χ2v) is 6.59. The highest BCUT2D eigenvalue weighted by molar-refractivity contribution is 7.99. The molecule has 1 aliphatic carbocycles. The van der Waals surface area contributed by atoms with Gasteiger partial charge in [-0.1, -0.05) is 36.0 Å². The Kier molecular flexibility index (Phi) is 4.17. The molecule has 2 N–H and O–H groups in total. The Morgan fingerprint density at radius 1 is 1.43 bits per heavy atom. The van der Waals surface area contributed by atoms with Crippen molar-refractivity contribution in [2.45, 2.75) is 35.7 Å². The molecule has 1 heterocycles. The van der Waals surface area contributed by atoms with Crippen molar-refractivity contribution >= 4 is 11.8 Å². The van der Waals surface area contributed by atoms with Crippen molar-refractivity contribution < 1.29 is 0 Å². The topological polar surface area (TPSA) is 62.7 Å². The fraction of sp³-hybridized carbons (Fsp3) is 0.467. The van der Waals surface area contributed by atoms with E-state index in [1.165, 1.54) is 11.1 Å². The van der Waals surface area contributed by atoms with E-state index >= 15 is 0 Å². The maximum atomic E-state index is 11.5. The van der Waals surface area contributed by atoms with Gasteiger partial charge in [-0.3, -0.25) is 4.57 Å². The number of nitrogens with zero attached hydrogens (tertiary/aromatic N) is 2. The molecule has 0 saturated heterocycles. The first kappa shape index (κ1) is 14.4. The number of hydrogen-bond donors (Lipinski definition) is 2. The zero-order valence-corrected chi connectivity index (χ0v) is 13.1. The average molecular weight is 304 g/mol. The summed E-state index contributed by atoms with van der Waals surface area (Å²) in [6.07, 6.45) is 3.38. The third-order valence-electron chi connectivity index (χ3n) is 4.10. The number of aromatic amines is 1. The van der Waals surface area contributed by atoms with Gasteiger partial charge in [0.15, 0.2) is 5.16 Å². The summed E-state index contributed by atoms with van der Waals surface area (Å²) in [7, 11) is 3.76. The van der Waals surface area contributed by atoms with Crippen LogP contribution in [0.15, 0.2) is 34.2 Å². The second-order valence-electron chi connectivity index (χ2n) is 5.38. The lowest BCUT2D eigenvalue weighted by molar-refractivity contribution is 0.545. The molecule has 3 rings (SSSR count). The fourth-order valence-electron chi connectivity index (χ4n) is 2.97. The Morgan fingerprint density at radius 3 is 2.95 bits per heavy atom. The Balaban J connectivity index is 1.91. The van der Waals surface area contributed by atoms with Crippen molar-refractivity contribution in [2.24, 2.45) is 7.05 Å². The highest BCUT2D eigenvalue weighted by Gasteiger charge is 2.28. The van der Waals surface area contributed by atoms with E-state index < -0.39 is 0 Å². The molecule has 1 aliphatic rings. The molecule has 0 spiro atoms. The first-order valence-electron chi connectivity index (χ1n) is 7.24. The summed E-state index contributed by atoms with van der Waals surface area (Å²) in [5.41, 5.74) is 2.64. The lowest BCUT2D eigenvalue weighted by atomic mass is 9.99. The molecule has 2 atom stereocenters. The van der Waals surface area contributed by atoms with E-state index in [9.17, 15) is 4.79 Å². The highest BCUT2D eigenvalue weighted by Crippen LogP contribution is 2.37. The van der Waals surface area contributed by atoms with E-state index in [1.54, 1.807) is 23.4 Å². The van der Waals surface area contributed by atoms with Crippen LogP contribution in [0.1, 0.15) is 30.0 Å². The third kappa shape index (κ3) is 2.78. The number of benzene rings is 1.